The number of rotatable bonds is 10. The van der Waals surface area contributed by atoms with Gasteiger partial charge in [0, 0.05) is 0 Å². The molecule has 82 valence electrons. The van der Waals surface area contributed by atoms with Crippen molar-refractivity contribution in [1.29, 1.82) is 0 Å². The molecule has 0 aliphatic carbocycles. The van der Waals surface area contributed by atoms with Gasteiger partial charge in [-0.05, 0) is 26.2 Å². The first-order valence-corrected chi connectivity index (χ1v) is 5.75. The first kappa shape index (κ1) is 13.3. The van der Waals surface area contributed by atoms with Gasteiger partial charge in [0.05, 0.1) is 12.9 Å². The van der Waals surface area contributed by atoms with E-state index in [0.717, 1.165) is 6.61 Å². The Bertz CT molecular complexity index is 138. The lowest BCUT2D eigenvalue weighted by atomic mass is 10.1. The minimum absolute atomic E-state index is 0.835. The molecule has 0 aliphatic heterocycles. The molecule has 0 rings (SSSR count). The molecule has 0 bridgehead atoms. The highest BCUT2D eigenvalue weighted by molar-refractivity contribution is 4.76. The number of unbranched alkanes of at least 4 members (excludes halogenated alkanes) is 6. The van der Waals surface area contributed by atoms with Crippen LogP contribution in [0.15, 0.2) is 25.0 Å². The molecule has 1 nitrogen and oxygen atoms in total. The highest BCUT2D eigenvalue weighted by Crippen LogP contribution is 2.07. The van der Waals surface area contributed by atoms with Gasteiger partial charge in [-0.15, -0.1) is 0 Å². The molecular formula is C13H24O. The Morgan fingerprint density at radius 1 is 1.00 bits per heavy atom. The lowest BCUT2D eigenvalue weighted by Crippen LogP contribution is -1.87. The Labute approximate surface area is 88.9 Å². The first-order valence-electron chi connectivity index (χ1n) is 5.75. The number of allylic oxidation sites excluding steroid dienone is 2. The molecule has 1 heteroatoms. The molecule has 0 spiro atoms. The third-order valence-electron chi connectivity index (χ3n) is 2.24. The predicted octanol–water partition coefficient (Wildman–Crippen LogP) is 4.45. The van der Waals surface area contributed by atoms with Gasteiger partial charge >= 0.3 is 0 Å². The fraction of sp³-hybridized carbons (Fsp3) is 0.692. The van der Waals surface area contributed by atoms with Crippen LogP contribution in [0.25, 0.3) is 0 Å². The van der Waals surface area contributed by atoms with Crippen LogP contribution >= 0.6 is 0 Å². The number of hydrogen-bond donors (Lipinski definition) is 0. The molecule has 0 atom stereocenters. The molecule has 0 N–H and O–H groups in total. The van der Waals surface area contributed by atoms with Crippen molar-refractivity contribution in [3.8, 4) is 0 Å². The Morgan fingerprint density at radius 2 is 1.64 bits per heavy atom. The minimum atomic E-state index is 0.835. The summed E-state index contributed by atoms with van der Waals surface area (Å²) in [5.74, 6) is 0. The monoisotopic (exact) mass is 196 g/mol. The van der Waals surface area contributed by atoms with Crippen LogP contribution in [0.2, 0.25) is 0 Å². The molecule has 0 saturated heterocycles. The lowest BCUT2D eigenvalue weighted by Gasteiger charge is -2.01. The Kier molecular flexibility index (Phi) is 11.6. The summed E-state index contributed by atoms with van der Waals surface area (Å²) in [6.07, 6.45) is 15.0. The maximum atomic E-state index is 5.05. The van der Waals surface area contributed by atoms with Gasteiger partial charge in [-0.25, -0.2) is 0 Å². The normalized spacial score (nSPS) is 10.6. The summed E-state index contributed by atoms with van der Waals surface area (Å²) in [6.45, 7) is 6.43. The van der Waals surface area contributed by atoms with Crippen LogP contribution in [-0.4, -0.2) is 6.61 Å². The molecule has 14 heavy (non-hydrogen) atoms. The Morgan fingerprint density at radius 3 is 2.29 bits per heavy atom. The molecule has 0 aliphatic rings. The summed E-state index contributed by atoms with van der Waals surface area (Å²) in [4.78, 5) is 0. The van der Waals surface area contributed by atoms with E-state index in [2.05, 4.69) is 25.7 Å². The third-order valence-corrected chi connectivity index (χ3v) is 2.24. The van der Waals surface area contributed by atoms with Crippen LogP contribution < -0.4 is 0 Å². The molecule has 0 unspecified atom stereocenters. The van der Waals surface area contributed by atoms with E-state index in [1.54, 1.807) is 0 Å². The van der Waals surface area contributed by atoms with Crippen LogP contribution in [0.4, 0.5) is 0 Å². The Balaban J connectivity index is 2.88. The summed E-state index contributed by atoms with van der Waals surface area (Å²) in [6, 6.07) is 0. The van der Waals surface area contributed by atoms with Gasteiger partial charge in [-0.2, -0.15) is 0 Å². The van der Waals surface area contributed by atoms with Gasteiger partial charge in [0.2, 0.25) is 0 Å². The molecule has 0 radical (unpaired) electrons. The van der Waals surface area contributed by atoms with E-state index < -0.39 is 0 Å². The van der Waals surface area contributed by atoms with Crippen molar-refractivity contribution in [3.05, 3.63) is 25.0 Å². The van der Waals surface area contributed by atoms with Gasteiger partial charge in [-0.1, -0.05) is 44.4 Å². The quantitative estimate of drug-likeness (QED) is 0.285. The molecular weight excluding hydrogens is 172 g/mol. The van der Waals surface area contributed by atoms with E-state index >= 15 is 0 Å². The molecule has 0 amide bonds. The topological polar surface area (TPSA) is 9.23 Å². The summed E-state index contributed by atoms with van der Waals surface area (Å²) in [5.41, 5.74) is 0. The zero-order valence-corrected chi connectivity index (χ0v) is 9.50. The SMILES string of the molecule is C=COCCCCCCCCC=CC. The predicted molar refractivity (Wildman–Crippen MR) is 63.3 cm³/mol. The molecule has 0 aromatic heterocycles. The van der Waals surface area contributed by atoms with Gasteiger partial charge in [0.1, 0.15) is 0 Å². The van der Waals surface area contributed by atoms with E-state index in [9.17, 15) is 0 Å². The summed E-state index contributed by atoms with van der Waals surface area (Å²) in [5, 5.41) is 0. The van der Waals surface area contributed by atoms with Crippen molar-refractivity contribution in [3.63, 3.8) is 0 Å². The molecule has 0 fully saturated rings. The van der Waals surface area contributed by atoms with Gasteiger partial charge in [0.15, 0.2) is 0 Å². The molecule has 0 heterocycles. The lowest BCUT2D eigenvalue weighted by molar-refractivity contribution is 0.241. The molecule has 0 aromatic rings. The van der Waals surface area contributed by atoms with Crippen LogP contribution in [0.3, 0.4) is 0 Å². The first-order chi connectivity index (χ1) is 6.91. The maximum Gasteiger partial charge on any atom is 0.0873 e. The van der Waals surface area contributed by atoms with Crippen molar-refractivity contribution in [2.45, 2.75) is 51.9 Å². The summed E-state index contributed by atoms with van der Waals surface area (Å²) < 4.78 is 5.05. The van der Waals surface area contributed by atoms with Crippen LogP contribution in [0, 0.1) is 0 Å². The molecule has 0 aromatic carbocycles. The van der Waals surface area contributed by atoms with E-state index in [1.807, 2.05) is 0 Å². The fourth-order valence-corrected chi connectivity index (χ4v) is 1.40. The van der Waals surface area contributed by atoms with Crippen molar-refractivity contribution in [2.24, 2.45) is 0 Å². The smallest absolute Gasteiger partial charge is 0.0873 e. The van der Waals surface area contributed by atoms with Gasteiger partial charge < -0.3 is 4.74 Å². The average molecular weight is 196 g/mol. The minimum Gasteiger partial charge on any atom is -0.502 e. The average Bonchev–Trinajstić information content (AvgIpc) is 2.21. The van der Waals surface area contributed by atoms with E-state index in [-0.39, 0.29) is 0 Å². The maximum absolute atomic E-state index is 5.05. The van der Waals surface area contributed by atoms with Crippen LogP contribution in [0.1, 0.15) is 51.9 Å². The fourth-order valence-electron chi connectivity index (χ4n) is 1.40. The highest BCUT2D eigenvalue weighted by atomic mass is 16.5. The van der Waals surface area contributed by atoms with Crippen molar-refractivity contribution < 1.29 is 4.74 Å². The summed E-state index contributed by atoms with van der Waals surface area (Å²) >= 11 is 0. The highest BCUT2D eigenvalue weighted by Gasteiger charge is 1.90. The second kappa shape index (κ2) is 12.3. The van der Waals surface area contributed by atoms with E-state index in [0.29, 0.717) is 0 Å². The Hall–Kier alpha value is -0.720. The number of ether oxygens (including phenoxy) is 1. The number of hydrogen-bond acceptors (Lipinski definition) is 1. The van der Waals surface area contributed by atoms with Crippen LogP contribution in [0.5, 0.6) is 0 Å². The van der Waals surface area contributed by atoms with Crippen molar-refractivity contribution >= 4 is 0 Å². The van der Waals surface area contributed by atoms with Crippen molar-refractivity contribution in [2.75, 3.05) is 6.61 Å². The largest absolute Gasteiger partial charge is 0.502 e. The zero-order valence-electron chi connectivity index (χ0n) is 9.50. The second-order valence-electron chi connectivity index (χ2n) is 3.52. The van der Waals surface area contributed by atoms with E-state index in [4.69, 9.17) is 4.74 Å². The van der Waals surface area contributed by atoms with Gasteiger partial charge in [-0.3, -0.25) is 0 Å². The summed E-state index contributed by atoms with van der Waals surface area (Å²) in [7, 11) is 0. The molecule has 0 saturated carbocycles. The zero-order chi connectivity index (χ0) is 10.5. The third kappa shape index (κ3) is 11.3. The van der Waals surface area contributed by atoms with Gasteiger partial charge in [0.25, 0.3) is 0 Å². The van der Waals surface area contributed by atoms with Crippen molar-refractivity contribution in [1.82, 2.24) is 0 Å². The van der Waals surface area contributed by atoms with Crippen LogP contribution in [-0.2, 0) is 4.74 Å². The van der Waals surface area contributed by atoms with E-state index in [1.165, 1.54) is 51.2 Å². The standard InChI is InChI=1S/C13H24O/c1-3-5-6-7-8-9-10-11-12-13-14-4-2/h3-5H,2,6-13H2,1H3. The second-order valence-corrected chi connectivity index (χ2v) is 3.52.